The third-order valence-electron chi connectivity index (χ3n) is 3.82. The first-order chi connectivity index (χ1) is 10.3. The summed E-state index contributed by atoms with van der Waals surface area (Å²) in [5, 5.41) is 6.99. The van der Waals surface area contributed by atoms with Gasteiger partial charge in [0, 0.05) is 10.8 Å². The van der Waals surface area contributed by atoms with Crippen LogP contribution >= 0.6 is 22.6 Å². The summed E-state index contributed by atoms with van der Waals surface area (Å²) in [6.45, 7) is 0. The van der Waals surface area contributed by atoms with Gasteiger partial charge in [0.05, 0.1) is 4.43 Å². The molecule has 0 N–H and O–H groups in total. The average Bonchev–Trinajstić information content (AvgIpc) is 2.53. The maximum atomic E-state index is 11.6. The summed E-state index contributed by atoms with van der Waals surface area (Å²) < 4.78 is 5.82. The molecule has 0 heterocycles. The fraction of sp³-hybridized carbons (Fsp3) is 0.0556. The van der Waals surface area contributed by atoms with Crippen LogP contribution in [0.1, 0.15) is 0 Å². The van der Waals surface area contributed by atoms with E-state index in [2.05, 4.69) is 36.4 Å². The lowest BCUT2D eigenvalue weighted by Crippen LogP contribution is -2.08. The molecule has 102 valence electrons. The van der Waals surface area contributed by atoms with Crippen LogP contribution in [0.15, 0.2) is 54.6 Å². The summed E-state index contributed by atoms with van der Waals surface area (Å²) in [5.74, 6) is 0.424. The lowest BCUT2D eigenvalue weighted by Gasteiger charge is -2.13. The molecule has 0 radical (unpaired) electrons. The molecule has 21 heavy (non-hydrogen) atoms. The van der Waals surface area contributed by atoms with Crippen LogP contribution in [0.5, 0.6) is 5.75 Å². The van der Waals surface area contributed by atoms with E-state index in [1.54, 1.807) is 0 Å². The smallest absolute Gasteiger partial charge is 0.321 e. The van der Waals surface area contributed by atoms with Gasteiger partial charge in [0.2, 0.25) is 0 Å². The molecule has 0 bridgehead atoms. The van der Waals surface area contributed by atoms with Crippen molar-refractivity contribution in [2.45, 2.75) is 0 Å². The predicted octanol–water partition coefficient (Wildman–Crippen LogP) is 4.92. The first-order valence-electron chi connectivity index (χ1n) is 6.71. The molecule has 0 aliphatic heterocycles. The van der Waals surface area contributed by atoms with Crippen LogP contribution in [0, 0.1) is 0 Å². The Labute approximate surface area is 135 Å². The Morgan fingerprint density at radius 2 is 1.48 bits per heavy atom. The van der Waals surface area contributed by atoms with Crippen molar-refractivity contribution in [3.63, 3.8) is 0 Å². The molecule has 0 unspecified atom stereocenters. The average molecular weight is 386 g/mol. The Morgan fingerprint density at radius 1 is 0.857 bits per heavy atom. The van der Waals surface area contributed by atoms with Crippen molar-refractivity contribution in [3.8, 4) is 5.75 Å². The Hall–Kier alpha value is -1.88. The molecule has 0 amide bonds. The summed E-state index contributed by atoms with van der Waals surface area (Å²) in [6, 6.07) is 18.6. The van der Waals surface area contributed by atoms with E-state index in [0.29, 0.717) is 10.2 Å². The summed E-state index contributed by atoms with van der Waals surface area (Å²) in [4.78, 5) is 11.6. The molecular formula is C18H11IO2. The minimum atomic E-state index is -0.217. The highest BCUT2D eigenvalue weighted by atomic mass is 127. The van der Waals surface area contributed by atoms with Crippen LogP contribution in [0.25, 0.3) is 32.3 Å². The highest BCUT2D eigenvalue weighted by Crippen LogP contribution is 2.38. The fourth-order valence-corrected chi connectivity index (χ4v) is 3.10. The molecule has 0 aliphatic rings. The van der Waals surface area contributed by atoms with Crippen LogP contribution in [0.4, 0.5) is 0 Å². The van der Waals surface area contributed by atoms with Crippen molar-refractivity contribution in [2.75, 3.05) is 4.43 Å². The van der Waals surface area contributed by atoms with E-state index in [9.17, 15) is 4.79 Å². The molecule has 0 atom stereocenters. The van der Waals surface area contributed by atoms with Gasteiger partial charge < -0.3 is 4.74 Å². The largest absolute Gasteiger partial charge is 0.425 e. The number of benzene rings is 4. The lowest BCUT2D eigenvalue weighted by atomic mass is 9.94. The van der Waals surface area contributed by atoms with Crippen molar-refractivity contribution < 1.29 is 9.53 Å². The highest BCUT2D eigenvalue weighted by molar-refractivity contribution is 14.1. The summed E-state index contributed by atoms with van der Waals surface area (Å²) >= 11 is 2.02. The van der Waals surface area contributed by atoms with Crippen molar-refractivity contribution in [3.05, 3.63) is 54.6 Å². The monoisotopic (exact) mass is 386 g/mol. The molecule has 4 aromatic carbocycles. The molecule has 0 aromatic heterocycles. The minimum Gasteiger partial charge on any atom is -0.425 e. The zero-order valence-electron chi connectivity index (χ0n) is 11.1. The van der Waals surface area contributed by atoms with Gasteiger partial charge in [-0.25, -0.2) is 0 Å². The van der Waals surface area contributed by atoms with Crippen molar-refractivity contribution in [2.24, 2.45) is 0 Å². The second-order valence-electron chi connectivity index (χ2n) is 5.03. The Bertz CT molecular complexity index is 959. The van der Waals surface area contributed by atoms with Crippen LogP contribution in [-0.2, 0) is 4.79 Å². The lowest BCUT2D eigenvalue weighted by molar-refractivity contribution is -0.131. The maximum Gasteiger partial charge on any atom is 0.321 e. The second kappa shape index (κ2) is 4.84. The summed E-state index contributed by atoms with van der Waals surface area (Å²) in [7, 11) is 0. The number of esters is 1. The van der Waals surface area contributed by atoms with Gasteiger partial charge >= 0.3 is 5.97 Å². The molecule has 4 rings (SSSR count). The molecule has 0 saturated heterocycles. The van der Waals surface area contributed by atoms with Crippen LogP contribution < -0.4 is 4.74 Å². The predicted molar refractivity (Wildman–Crippen MR) is 94.7 cm³/mol. The first kappa shape index (κ1) is 12.8. The third kappa shape index (κ3) is 1.95. The van der Waals surface area contributed by atoms with Crippen LogP contribution in [0.3, 0.4) is 0 Å². The van der Waals surface area contributed by atoms with Gasteiger partial charge in [0.25, 0.3) is 0 Å². The number of hydrogen-bond acceptors (Lipinski definition) is 2. The number of hydrogen-bond donors (Lipinski definition) is 0. The molecule has 4 aromatic rings. The number of carbonyl (C=O) groups excluding carboxylic acids is 1. The second-order valence-corrected chi connectivity index (χ2v) is 5.79. The number of rotatable bonds is 2. The summed E-state index contributed by atoms with van der Waals surface area (Å²) in [6.07, 6.45) is 0. The van der Waals surface area contributed by atoms with E-state index in [-0.39, 0.29) is 5.97 Å². The van der Waals surface area contributed by atoms with Gasteiger partial charge in [0.15, 0.2) is 0 Å². The Balaban J connectivity index is 2.13. The normalized spacial score (nSPS) is 11.5. The van der Waals surface area contributed by atoms with Gasteiger partial charge in [-0.3, -0.25) is 4.79 Å². The van der Waals surface area contributed by atoms with Crippen molar-refractivity contribution in [1.82, 2.24) is 0 Å². The Kier molecular flexibility index (Phi) is 2.96. The van der Waals surface area contributed by atoms with Crippen LogP contribution in [-0.4, -0.2) is 10.4 Å². The molecular weight excluding hydrogens is 375 g/mol. The zero-order chi connectivity index (χ0) is 14.4. The van der Waals surface area contributed by atoms with Gasteiger partial charge in [0.1, 0.15) is 5.75 Å². The van der Waals surface area contributed by atoms with Gasteiger partial charge in [-0.15, -0.1) is 0 Å². The van der Waals surface area contributed by atoms with Gasteiger partial charge in [-0.1, -0.05) is 65.1 Å². The van der Waals surface area contributed by atoms with E-state index < -0.39 is 0 Å². The first-order valence-corrected chi connectivity index (χ1v) is 8.23. The Morgan fingerprint density at radius 3 is 2.19 bits per heavy atom. The van der Waals surface area contributed by atoms with E-state index in [4.69, 9.17) is 4.74 Å². The highest BCUT2D eigenvalue weighted by Gasteiger charge is 2.12. The minimum absolute atomic E-state index is 0.217. The maximum absolute atomic E-state index is 11.6. The van der Waals surface area contributed by atoms with Gasteiger partial charge in [-0.2, -0.15) is 0 Å². The van der Waals surface area contributed by atoms with Crippen LogP contribution in [0.2, 0.25) is 0 Å². The van der Waals surface area contributed by atoms with E-state index in [0.717, 1.165) is 5.39 Å². The van der Waals surface area contributed by atoms with Gasteiger partial charge in [-0.05, 0) is 33.7 Å². The molecule has 2 nitrogen and oxygen atoms in total. The molecule has 3 heteroatoms. The van der Waals surface area contributed by atoms with Crippen molar-refractivity contribution >= 4 is 60.9 Å². The zero-order valence-corrected chi connectivity index (χ0v) is 13.3. The van der Waals surface area contributed by atoms with E-state index in [1.807, 2.05) is 40.8 Å². The summed E-state index contributed by atoms with van der Waals surface area (Å²) in [5.41, 5.74) is 0. The van der Waals surface area contributed by atoms with Crippen molar-refractivity contribution in [1.29, 1.82) is 0 Å². The van der Waals surface area contributed by atoms with E-state index in [1.165, 1.54) is 26.9 Å². The molecule has 0 fully saturated rings. The standard InChI is InChI=1S/C18H11IO2/c19-10-16(20)21-15-9-7-13-5-4-11-2-1-3-12-6-8-14(15)18(13)17(11)12/h1-9H,10H2. The van der Waals surface area contributed by atoms with E-state index >= 15 is 0 Å². The molecule has 0 spiro atoms. The molecule has 0 saturated carbocycles. The number of carbonyl (C=O) groups is 1. The quantitative estimate of drug-likeness (QED) is 0.161. The fourth-order valence-electron chi connectivity index (χ4n) is 2.95. The molecule has 0 aliphatic carbocycles. The number of ether oxygens (including phenoxy) is 1. The number of alkyl halides is 1. The number of halogens is 1. The SMILES string of the molecule is O=C(CI)Oc1ccc2ccc3cccc4ccc1c2c34. The third-order valence-corrected chi connectivity index (χ3v) is 4.44. The topological polar surface area (TPSA) is 26.3 Å².